The van der Waals surface area contributed by atoms with Gasteiger partial charge in [0.2, 0.25) is 10.0 Å². The standard InChI is InChI=1S/C18H22N6O3S/c1-13-11-14(2)16(12-15(13)27-3)28(25,26)21-9-8-19-17-5-6-18(23-22-17)24-10-4-7-20-24/h4-7,10-12,21H,8-9H2,1-3H3,(H,19,22). The number of rotatable bonds is 8. The molecule has 0 aliphatic carbocycles. The molecule has 0 aliphatic rings. The Balaban J connectivity index is 1.57. The van der Waals surface area contributed by atoms with Gasteiger partial charge in [-0.3, -0.25) is 0 Å². The maximum absolute atomic E-state index is 12.6. The summed E-state index contributed by atoms with van der Waals surface area (Å²) < 4.78 is 34.6. The third-order valence-electron chi connectivity index (χ3n) is 4.09. The van der Waals surface area contributed by atoms with Gasteiger partial charge in [0.25, 0.3) is 0 Å². The van der Waals surface area contributed by atoms with Crippen LogP contribution in [-0.2, 0) is 10.0 Å². The fourth-order valence-corrected chi connectivity index (χ4v) is 3.99. The van der Waals surface area contributed by atoms with Crippen molar-refractivity contribution in [1.82, 2.24) is 24.7 Å². The van der Waals surface area contributed by atoms with Crippen molar-refractivity contribution in [3.63, 3.8) is 0 Å². The zero-order valence-corrected chi connectivity index (χ0v) is 16.7. The number of ether oxygens (including phenoxy) is 1. The van der Waals surface area contributed by atoms with E-state index in [1.54, 1.807) is 54.3 Å². The van der Waals surface area contributed by atoms with E-state index in [4.69, 9.17) is 4.74 Å². The summed E-state index contributed by atoms with van der Waals surface area (Å²) in [6.45, 7) is 4.19. The predicted molar refractivity (Wildman–Crippen MR) is 105 cm³/mol. The van der Waals surface area contributed by atoms with E-state index in [-0.39, 0.29) is 11.4 Å². The summed E-state index contributed by atoms with van der Waals surface area (Å²) >= 11 is 0. The van der Waals surface area contributed by atoms with Crippen molar-refractivity contribution in [3.8, 4) is 11.6 Å². The molecule has 148 valence electrons. The number of nitrogens with one attached hydrogen (secondary N) is 2. The molecule has 0 atom stereocenters. The normalized spacial score (nSPS) is 11.4. The third kappa shape index (κ3) is 4.46. The third-order valence-corrected chi connectivity index (χ3v) is 5.70. The molecule has 28 heavy (non-hydrogen) atoms. The highest BCUT2D eigenvalue weighted by Gasteiger charge is 2.18. The van der Waals surface area contributed by atoms with E-state index in [1.165, 1.54) is 7.11 Å². The topological polar surface area (TPSA) is 111 Å². The van der Waals surface area contributed by atoms with E-state index in [2.05, 4.69) is 25.3 Å². The van der Waals surface area contributed by atoms with E-state index in [0.717, 1.165) is 5.56 Å². The van der Waals surface area contributed by atoms with E-state index in [9.17, 15) is 8.42 Å². The second-order valence-electron chi connectivity index (χ2n) is 6.14. The first-order chi connectivity index (χ1) is 13.4. The molecule has 0 unspecified atom stereocenters. The highest BCUT2D eigenvalue weighted by atomic mass is 32.2. The molecule has 0 bridgehead atoms. The molecule has 9 nitrogen and oxygen atoms in total. The van der Waals surface area contributed by atoms with Crippen LogP contribution in [0.2, 0.25) is 0 Å². The average Bonchev–Trinajstić information content (AvgIpc) is 3.20. The summed E-state index contributed by atoms with van der Waals surface area (Å²) in [6, 6.07) is 8.66. The number of nitrogens with zero attached hydrogens (tertiary/aromatic N) is 4. The smallest absolute Gasteiger partial charge is 0.241 e. The maximum atomic E-state index is 12.6. The number of benzene rings is 1. The fourth-order valence-electron chi connectivity index (χ4n) is 2.72. The molecule has 2 heterocycles. The lowest BCUT2D eigenvalue weighted by Gasteiger charge is -2.13. The van der Waals surface area contributed by atoms with Crippen LogP contribution in [0.5, 0.6) is 5.75 Å². The van der Waals surface area contributed by atoms with Gasteiger partial charge in [-0.25, -0.2) is 17.8 Å². The Kier molecular flexibility index (Phi) is 5.90. The highest BCUT2D eigenvalue weighted by molar-refractivity contribution is 7.89. The van der Waals surface area contributed by atoms with Crippen molar-refractivity contribution < 1.29 is 13.2 Å². The lowest BCUT2D eigenvalue weighted by molar-refractivity contribution is 0.410. The Morgan fingerprint density at radius 3 is 2.57 bits per heavy atom. The van der Waals surface area contributed by atoms with Crippen LogP contribution in [0.1, 0.15) is 11.1 Å². The number of hydrogen-bond donors (Lipinski definition) is 2. The maximum Gasteiger partial charge on any atom is 0.241 e. The minimum Gasteiger partial charge on any atom is -0.496 e. The van der Waals surface area contributed by atoms with Crippen LogP contribution in [0.15, 0.2) is 47.6 Å². The minimum atomic E-state index is -3.65. The highest BCUT2D eigenvalue weighted by Crippen LogP contribution is 2.25. The van der Waals surface area contributed by atoms with Gasteiger partial charge >= 0.3 is 0 Å². The Labute approximate surface area is 163 Å². The quantitative estimate of drug-likeness (QED) is 0.552. The van der Waals surface area contributed by atoms with Crippen molar-refractivity contribution in [2.24, 2.45) is 0 Å². The summed E-state index contributed by atoms with van der Waals surface area (Å²) in [5.41, 5.74) is 1.55. The van der Waals surface area contributed by atoms with Crippen LogP contribution in [-0.4, -0.2) is 48.6 Å². The van der Waals surface area contributed by atoms with Crippen LogP contribution >= 0.6 is 0 Å². The molecule has 3 aromatic rings. The molecule has 0 radical (unpaired) electrons. The van der Waals surface area contributed by atoms with Gasteiger partial charge in [0, 0.05) is 31.5 Å². The monoisotopic (exact) mass is 402 g/mol. The second kappa shape index (κ2) is 8.36. The van der Waals surface area contributed by atoms with Gasteiger partial charge in [-0.2, -0.15) is 5.10 Å². The molecule has 3 rings (SSSR count). The first kappa shape index (κ1) is 19.8. The van der Waals surface area contributed by atoms with E-state index >= 15 is 0 Å². The zero-order chi connectivity index (χ0) is 20.1. The number of aryl methyl sites for hydroxylation is 2. The Morgan fingerprint density at radius 2 is 1.93 bits per heavy atom. The van der Waals surface area contributed by atoms with Gasteiger partial charge in [-0.05, 0) is 43.2 Å². The van der Waals surface area contributed by atoms with Gasteiger partial charge < -0.3 is 10.1 Å². The molecule has 0 fully saturated rings. The Bertz CT molecular complexity index is 1030. The van der Waals surface area contributed by atoms with Crippen molar-refractivity contribution in [2.45, 2.75) is 18.7 Å². The predicted octanol–water partition coefficient (Wildman–Crippen LogP) is 1.68. The van der Waals surface area contributed by atoms with Gasteiger partial charge in [-0.1, -0.05) is 6.07 Å². The zero-order valence-electron chi connectivity index (χ0n) is 15.9. The van der Waals surface area contributed by atoms with Gasteiger partial charge in [0.05, 0.1) is 12.0 Å². The van der Waals surface area contributed by atoms with Gasteiger partial charge in [0.15, 0.2) is 5.82 Å². The SMILES string of the molecule is COc1cc(S(=O)(=O)NCCNc2ccc(-n3cccn3)nn2)c(C)cc1C. The number of sulfonamides is 1. The number of anilines is 1. The number of aromatic nitrogens is 4. The largest absolute Gasteiger partial charge is 0.496 e. The molecule has 0 amide bonds. The minimum absolute atomic E-state index is 0.195. The molecular formula is C18H22N6O3S. The molecule has 0 aliphatic heterocycles. The van der Waals surface area contributed by atoms with E-state index in [0.29, 0.717) is 29.5 Å². The van der Waals surface area contributed by atoms with Crippen LogP contribution in [0.3, 0.4) is 0 Å². The van der Waals surface area contributed by atoms with Crippen LogP contribution < -0.4 is 14.8 Å². The van der Waals surface area contributed by atoms with E-state index in [1.807, 2.05) is 6.92 Å². The van der Waals surface area contributed by atoms with Crippen molar-refractivity contribution in [3.05, 3.63) is 53.9 Å². The van der Waals surface area contributed by atoms with Crippen molar-refractivity contribution in [2.75, 3.05) is 25.5 Å². The Hall–Kier alpha value is -2.98. The summed E-state index contributed by atoms with van der Waals surface area (Å²) in [6.07, 6.45) is 3.43. The van der Waals surface area contributed by atoms with E-state index < -0.39 is 10.0 Å². The molecule has 0 saturated carbocycles. The lowest BCUT2D eigenvalue weighted by atomic mass is 10.1. The van der Waals surface area contributed by atoms with Crippen LogP contribution in [0.4, 0.5) is 5.82 Å². The molecule has 0 spiro atoms. The first-order valence-electron chi connectivity index (χ1n) is 8.63. The van der Waals surface area contributed by atoms with Crippen LogP contribution in [0, 0.1) is 13.8 Å². The summed E-state index contributed by atoms with van der Waals surface area (Å²) in [5, 5.41) is 15.2. The van der Waals surface area contributed by atoms with Crippen molar-refractivity contribution >= 4 is 15.8 Å². The second-order valence-corrected chi connectivity index (χ2v) is 7.87. The molecular weight excluding hydrogens is 380 g/mol. The van der Waals surface area contributed by atoms with Crippen molar-refractivity contribution in [1.29, 1.82) is 0 Å². The molecule has 0 saturated heterocycles. The Morgan fingerprint density at radius 1 is 1.11 bits per heavy atom. The molecule has 10 heteroatoms. The summed E-state index contributed by atoms with van der Waals surface area (Å²) in [7, 11) is -2.13. The molecule has 2 aromatic heterocycles. The summed E-state index contributed by atoms with van der Waals surface area (Å²) in [5.74, 6) is 1.68. The molecule has 2 N–H and O–H groups in total. The average molecular weight is 402 g/mol. The van der Waals surface area contributed by atoms with Gasteiger partial charge in [-0.15, -0.1) is 10.2 Å². The number of hydrogen-bond acceptors (Lipinski definition) is 7. The van der Waals surface area contributed by atoms with Gasteiger partial charge in [0.1, 0.15) is 11.6 Å². The first-order valence-corrected chi connectivity index (χ1v) is 10.1. The number of methoxy groups -OCH3 is 1. The fraction of sp³-hybridized carbons (Fsp3) is 0.278. The lowest BCUT2D eigenvalue weighted by Crippen LogP contribution is -2.29. The molecule has 1 aromatic carbocycles. The summed E-state index contributed by atoms with van der Waals surface area (Å²) in [4.78, 5) is 0.207. The van der Waals surface area contributed by atoms with Crippen LogP contribution in [0.25, 0.3) is 5.82 Å².